The van der Waals surface area contributed by atoms with Crippen LogP contribution < -0.4 is 15.4 Å². The first-order chi connectivity index (χ1) is 12.1. The number of ether oxygens (including phenoxy) is 1. The first kappa shape index (κ1) is 16.1. The zero-order valence-corrected chi connectivity index (χ0v) is 14.6. The molecule has 1 fully saturated rings. The lowest BCUT2D eigenvalue weighted by Gasteiger charge is -2.44. The molecule has 2 aliphatic rings. The van der Waals surface area contributed by atoms with Gasteiger partial charge in [0.2, 0.25) is 0 Å². The molecule has 1 spiro atoms. The number of piperidine rings is 1. The summed E-state index contributed by atoms with van der Waals surface area (Å²) in [5, 5.41) is 10.5. The summed E-state index contributed by atoms with van der Waals surface area (Å²) < 4.78 is 11.5. The maximum atomic E-state index is 12.8. The van der Waals surface area contributed by atoms with Crippen LogP contribution in [-0.4, -0.2) is 29.8 Å². The van der Waals surface area contributed by atoms with Gasteiger partial charge in [-0.15, -0.1) is 0 Å². The Kier molecular flexibility index (Phi) is 4.00. The predicted molar refractivity (Wildman–Crippen MR) is 92.7 cm³/mol. The smallest absolute Gasteiger partial charge is 0.257 e. The number of rotatable bonds is 2. The number of nitrogens with zero attached hydrogens (tertiary/aromatic N) is 1. The topological polar surface area (TPSA) is 76.4 Å². The number of aryl methyl sites for hydroxylation is 2. The third-order valence-corrected chi connectivity index (χ3v) is 5.28. The van der Waals surface area contributed by atoms with E-state index in [9.17, 15) is 4.79 Å². The summed E-state index contributed by atoms with van der Waals surface area (Å²) in [4.78, 5) is 12.8. The van der Waals surface area contributed by atoms with Crippen LogP contribution in [0.15, 0.2) is 28.8 Å². The van der Waals surface area contributed by atoms with E-state index < -0.39 is 0 Å². The fourth-order valence-electron chi connectivity index (χ4n) is 3.97. The van der Waals surface area contributed by atoms with E-state index in [1.165, 1.54) is 0 Å². The minimum absolute atomic E-state index is 0.0794. The number of hydrogen-bond donors (Lipinski definition) is 2. The largest absolute Gasteiger partial charge is 0.487 e. The van der Waals surface area contributed by atoms with Crippen molar-refractivity contribution in [1.82, 2.24) is 15.8 Å². The molecule has 1 atom stereocenters. The van der Waals surface area contributed by atoms with E-state index in [0.29, 0.717) is 17.0 Å². The van der Waals surface area contributed by atoms with Crippen LogP contribution in [0.5, 0.6) is 5.75 Å². The molecule has 1 aromatic carbocycles. The summed E-state index contributed by atoms with van der Waals surface area (Å²) in [6, 6.07) is 7.91. The molecule has 2 aromatic rings. The van der Waals surface area contributed by atoms with Crippen LogP contribution >= 0.6 is 0 Å². The normalized spacial score (nSPS) is 21.4. The van der Waals surface area contributed by atoms with Gasteiger partial charge in [0, 0.05) is 12.0 Å². The Labute approximate surface area is 146 Å². The second kappa shape index (κ2) is 6.19. The molecule has 6 heteroatoms. The lowest BCUT2D eigenvalue weighted by Crippen LogP contribution is -2.51. The number of para-hydroxylation sites is 1. The van der Waals surface area contributed by atoms with Crippen LogP contribution in [0.4, 0.5) is 0 Å². The van der Waals surface area contributed by atoms with E-state index in [1.807, 2.05) is 24.3 Å². The van der Waals surface area contributed by atoms with Gasteiger partial charge in [-0.3, -0.25) is 4.79 Å². The molecule has 132 valence electrons. The minimum atomic E-state index is -0.212. The molecule has 0 aliphatic carbocycles. The molecule has 2 aliphatic heterocycles. The number of aromatic nitrogens is 1. The first-order valence-corrected chi connectivity index (χ1v) is 8.80. The summed E-state index contributed by atoms with van der Waals surface area (Å²) >= 11 is 0. The Balaban J connectivity index is 1.64. The maximum absolute atomic E-state index is 12.8. The van der Waals surface area contributed by atoms with E-state index >= 15 is 0 Å². The van der Waals surface area contributed by atoms with Crippen LogP contribution in [0.3, 0.4) is 0 Å². The summed E-state index contributed by atoms with van der Waals surface area (Å²) in [5.74, 6) is 1.29. The molecule has 1 saturated heterocycles. The number of fused-ring (bicyclic) bond motifs is 1. The SMILES string of the molecule is Cc1noc(C)c1C(=O)N[C@@H]1CC2(CCNCC2)Oc2ccccc21. The Bertz CT molecular complexity index is 773. The molecular formula is C19H23N3O3. The monoisotopic (exact) mass is 341 g/mol. The number of amides is 1. The number of hydrogen-bond acceptors (Lipinski definition) is 5. The van der Waals surface area contributed by atoms with Gasteiger partial charge in [-0.25, -0.2) is 0 Å². The molecule has 0 bridgehead atoms. The van der Waals surface area contributed by atoms with Gasteiger partial charge < -0.3 is 19.9 Å². The van der Waals surface area contributed by atoms with E-state index in [1.54, 1.807) is 13.8 Å². The van der Waals surface area contributed by atoms with Gasteiger partial charge in [0.15, 0.2) is 0 Å². The van der Waals surface area contributed by atoms with Gasteiger partial charge in [0.1, 0.15) is 22.7 Å². The summed E-state index contributed by atoms with van der Waals surface area (Å²) in [5.41, 5.74) is 1.97. The van der Waals surface area contributed by atoms with Crippen molar-refractivity contribution in [2.75, 3.05) is 13.1 Å². The third-order valence-electron chi connectivity index (χ3n) is 5.28. The highest BCUT2D eigenvalue weighted by Crippen LogP contribution is 2.43. The minimum Gasteiger partial charge on any atom is -0.487 e. The average molecular weight is 341 g/mol. The molecule has 4 rings (SSSR count). The molecule has 0 unspecified atom stereocenters. The van der Waals surface area contributed by atoms with E-state index in [2.05, 4.69) is 15.8 Å². The molecule has 3 heterocycles. The average Bonchev–Trinajstić information content (AvgIpc) is 2.94. The van der Waals surface area contributed by atoms with Crippen LogP contribution in [0.2, 0.25) is 0 Å². The van der Waals surface area contributed by atoms with Crippen molar-refractivity contribution in [2.24, 2.45) is 0 Å². The van der Waals surface area contributed by atoms with Crippen molar-refractivity contribution in [2.45, 2.75) is 44.8 Å². The second-order valence-electron chi connectivity index (χ2n) is 7.00. The molecule has 6 nitrogen and oxygen atoms in total. The third kappa shape index (κ3) is 2.91. The van der Waals surface area contributed by atoms with Crippen LogP contribution in [0.1, 0.15) is 52.7 Å². The number of carbonyl (C=O) groups is 1. The van der Waals surface area contributed by atoms with Crippen LogP contribution in [-0.2, 0) is 0 Å². The van der Waals surface area contributed by atoms with Crippen molar-refractivity contribution in [1.29, 1.82) is 0 Å². The molecule has 1 amide bonds. The van der Waals surface area contributed by atoms with E-state index in [-0.39, 0.29) is 17.6 Å². The van der Waals surface area contributed by atoms with Crippen molar-refractivity contribution in [3.8, 4) is 5.75 Å². The van der Waals surface area contributed by atoms with Gasteiger partial charge in [0.25, 0.3) is 5.91 Å². The highest BCUT2D eigenvalue weighted by Gasteiger charge is 2.42. The summed E-state index contributed by atoms with van der Waals surface area (Å²) in [7, 11) is 0. The quantitative estimate of drug-likeness (QED) is 0.878. The Morgan fingerprint density at radius 3 is 2.76 bits per heavy atom. The summed E-state index contributed by atoms with van der Waals surface area (Å²) in [6.07, 6.45) is 2.67. The first-order valence-electron chi connectivity index (χ1n) is 8.80. The fraction of sp³-hybridized carbons (Fsp3) is 0.474. The number of nitrogens with one attached hydrogen (secondary N) is 2. The standard InChI is InChI=1S/C19H23N3O3/c1-12-17(13(2)25-22-12)18(23)21-15-11-19(7-9-20-10-8-19)24-16-6-4-3-5-14(15)16/h3-6,15,20H,7-11H2,1-2H3,(H,21,23)/t15-/m1/s1. The van der Waals surface area contributed by atoms with Gasteiger partial charge in [-0.05, 0) is 45.8 Å². The summed E-state index contributed by atoms with van der Waals surface area (Å²) in [6.45, 7) is 5.43. The lowest BCUT2D eigenvalue weighted by molar-refractivity contribution is 0.00364. The highest BCUT2D eigenvalue weighted by atomic mass is 16.5. The zero-order chi connectivity index (χ0) is 17.4. The van der Waals surface area contributed by atoms with Crippen molar-refractivity contribution in [3.05, 3.63) is 46.8 Å². The lowest BCUT2D eigenvalue weighted by atomic mass is 9.81. The number of benzene rings is 1. The van der Waals surface area contributed by atoms with E-state index in [0.717, 1.165) is 43.7 Å². The Morgan fingerprint density at radius 1 is 1.28 bits per heavy atom. The van der Waals surface area contributed by atoms with E-state index in [4.69, 9.17) is 9.26 Å². The molecule has 2 N–H and O–H groups in total. The second-order valence-corrected chi connectivity index (χ2v) is 7.00. The zero-order valence-electron chi connectivity index (χ0n) is 14.6. The molecule has 25 heavy (non-hydrogen) atoms. The van der Waals surface area contributed by atoms with Crippen molar-refractivity contribution >= 4 is 5.91 Å². The van der Waals surface area contributed by atoms with Gasteiger partial charge >= 0.3 is 0 Å². The fourth-order valence-corrected chi connectivity index (χ4v) is 3.97. The molecule has 0 radical (unpaired) electrons. The highest BCUT2D eigenvalue weighted by molar-refractivity contribution is 5.96. The molecule has 1 aromatic heterocycles. The number of carbonyl (C=O) groups excluding carboxylic acids is 1. The van der Waals surface area contributed by atoms with Crippen molar-refractivity contribution < 1.29 is 14.1 Å². The van der Waals surface area contributed by atoms with Crippen LogP contribution in [0, 0.1) is 13.8 Å². The van der Waals surface area contributed by atoms with Crippen LogP contribution in [0.25, 0.3) is 0 Å². The maximum Gasteiger partial charge on any atom is 0.257 e. The van der Waals surface area contributed by atoms with Crippen molar-refractivity contribution in [3.63, 3.8) is 0 Å². The van der Waals surface area contributed by atoms with Gasteiger partial charge in [-0.1, -0.05) is 23.4 Å². The van der Waals surface area contributed by atoms with Gasteiger partial charge in [-0.2, -0.15) is 0 Å². The predicted octanol–water partition coefficient (Wildman–Crippen LogP) is 2.67. The molecular weight excluding hydrogens is 318 g/mol. The Morgan fingerprint density at radius 2 is 2.04 bits per heavy atom. The molecule has 0 saturated carbocycles. The Hall–Kier alpha value is -2.34. The van der Waals surface area contributed by atoms with Gasteiger partial charge in [0.05, 0.1) is 11.7 Å².